The first-order valence-corrected chi connectivity index (χ1v) is 9.66. The van der Waals surface area contributed by atoms with Crippen molar-refractivity contribution in [3.63, 3.8) is 0 Å². The molecular weight excluding hydrogens is 252 g/mol. The van der Waals surface area contributed by atoms with Gasteiger partial charge >= 0.3 is 0 Å². The smallest absolute Gasteiger partial charge is 0.0386 e. The molecule has 126 valence electrons. The summed E-state index contributed by atoms with van der Waals surface area (Å²) in [5.41, 5.74) is 0. The van der Waals surface area contributed by atoms with E-state index in [1.165, 1.54) is 19.3 Å². The van der Waals surface area contributed by atoms with Gasteiger partial charge in [-0.2, -0.15) is 0 Å². The second-order valence-corrected chi connectivity index (χ2v) is 9.10. The minimum atomic E-state index is 0.830. The molecule has 0 radical (unpaired) electrons. The summed E-state index contributed by atoms with van der Waals surface area (Å²) in [7, 11) is 0. The third-order valence-corrected chi connectivity index (χ3v) is 7.25. The molecule has 1 aliphatic rings. The molecule has 0 aromatic carbocycles. The summed E-state index contributed by atoms with van der Waals surface area (Å²) >= 11 is 0. The summed E-state index contributed by atoms with van der Waals surface area (Å²) in [5, 5.41) is 0. The molecule has 0 spiro atoms. The van der Waals surface area contributed by atoms with Gasteiger partial charge in [0.1, 0.15) is 0 Å². The van der Waals surface area contributed by atoms with Crippen molar-refractivity contribution in [3.05, 3.63) is 0 Å². The van der Waals surface area contributed by atoms with Crippen molar-refractivity contribution in [2.75, 3.05) is 0 Å². The van der Waals surface area contributed by atoms with E-state index >= 15 is 0 Å². The highest BCUT2D eigenvalue weighted by Gasteiger charge is 2.36. The molecule has 0 heteroatoms. The fourth-order valence-corrected chi connectivity index (χ4v) is 4.44. The summed E-state index contributed by atoms with van der Waals surface area (Å²) < 4.78 is 0. The lowest BCUT2D eigenvalue weighted by Crippen LogP contribution is -2.31. The van der Waals surface area contributed by atoms with Crippen molar-refractivity contribution in [2.24, 2.45) is 53.3 Å². The number of rotatable bonds is 9. The van der Waals surface area contributed by atoms with Crippen molar-refractivity contribution in [1.82, 2.24) is 0 Å². The Morgan fingerprint density at radius 1 is 0.619 bits per heavy atom. The van der Waals surface area contributed by atoms with Gasteiger partial charge in [0.05, 0.1) is 0 Å². The van der Waals surface area contributed by atoms with Crippen LogP contribution in [-0.4, -0.2) is 0 Å². The maximum atomic E-state index is 2.52. The van der Waals surface area contributed by atoms with Crippen LogP contribution >= 0.6 is 0 Å². The predicted molar refractivity (Wildman–Crippen MR) is 96.3 cm³/mol. The Morgan fingerprint density at radius 3 is 1.48 bits per heavy atom. The summed E-state index contributed by atoms with van der Waals surface area (Å²) in [6.07, 6.45) is 4.36. The molecule has 1 rings (SSSR count). The molecule has 0 aromatic heterocycles. The van der Waals surface area contributed by atoms with Gasteiger partial charge in [0.25, 0.3) is 0 Å². The third-order valence-electron chi connectivity index (χ3n) is 7.25. The van der Waals surface area contributed by atoms with E-state index in [9.17, 15) is 0 Å². The van der Waals surface area contributed by atoms with Crippen molar-refractivity contribution in [2.45, 2.75) is 81.6 Å². The highest BCUT2D eigenvalue weighted by atomic mass is 14.4. The topological polar surface area (TPSA) is 0 Å². The van der Waals surface area contributed by atoms with Crippen LogP contribution in [0, 0.1) is 53.3 Å². The van der Waals surface area contributed by atoms with E-state index in [1.807, 2.05) is 0 Å². The molecule has 1 aliphatic carbocycles. The molecule has 1 saturated carbocycles. The minimum absolute atomic E-state index is 0.830. The first-order chi connectivity index (χ1) is 9.66. The normalized spacial score (nSPS) is 26.0. The van der Waals surface area contributed by atoms with Gasteiger partial charge in [0.2, 0.25) is 0 Å². The van der Waals surface area contributed by atoms with Crippen LogP contribution in [0.5, 0.6) is 0 Å². The SMILES string of the molecule is CC(C)CC(C)C(C)C(C)C(C)C(C)C(C)C(C)C1CC1. The van der Waals surface area contributed by atoms with E-state index in [4.69, 9.17) is 0 Å². The van der Waals surface area contributed by atoms with Crippen LogP contribution in [0.3, 0.4) is 0 Å². The molecule has 0 saturated heterocycles. The van der Waals surface area contributed by atoms with Crippen molar-refractivity contribution in [1.29, 1.82) is 0 Å². The lowest BCUT2D eigenvalue weighted by Gasteiger charge is -2.38. The van der Waals surface area contributed by atoms with E-state index in [-0.39, 0.29) is 0 Å². The van der Waals surface area contributed by atoms with E-state index in [0.29, 0.717) is 0 Å². The Bertz CT molecular complexity index is 288. The quantitative estimate of drug-likeness (QED) is 0.434. The lowest BCUT2D eigenvalue weighted by molar-refractivity contribution is 0.107. The highest BCUT2D eigenvalue weighted by Crippen LogP contribution is 2.45. The van der Waals surface area contributed by atoms with Crippen molar-refractivity contribution < 1.29 is 0 Å². The summed E-state index contributed by atoms with van der Waals surface area (Å²) in [5.74, 6) is 7.90. The minimum Gasteiger partial charge on any atom is -0.0628 e. The molecule has 0 amide bonds. The van der Waals surface area contributed by atoms with Crippen molar-refractivity contribution in [3.8, 4) is 0 Å². The largest absolute Gasteiger partial charge is 0.0628 e. The number of hydrogen-bond donors (Lipinski definition) is 0. The molecule has 1 fully saturated rings. The molecule has 21 heavy (non-hydrogen) atoms. The van der Waals surface area contributed by atoms with Crippen LogP contribution in [-0.2, 0) is 0 Å². The van der Waals surface area contributed by atoms with Gasteiger partial charge in [-0.25, -0.2) is 0 Å². The molecule has 0 heterocycles. The van der Waals surface area contributed by atoms with Crippen LogP contribution in [0.4, 0.5) is 0 Å². The zero-order chi connectivity index (χ0) is 16.3. The van der Waals surface area contributed by atoms with Gasteiger partial charge in [-0.1, -0.05) is 62.3 Å². The van der Waals surface area contributed by atoms with Crippen LogP contribution in [0.1, 0.15) is 81.6 Å². The molecule has 7 unspecified atom stereocenters. The average molecular weight is 295 g/mol. The molecule has 0 aromatic rings. The molecular formula is C21H42. The van der Waals surface area contributed by atoms with Gasteiger partial charge in [-0.05, 0) is 72.5 Å². The molecule has 0 aliphatic heterocycles. The second kappa shape index (κ2) is 8.02. The third kappa shape index (κ3) is 5.29. The van der Waals surface area contributed by atoms with Crippen LogP contribution in [0.25, 0.3) is 0 Å². The average Bonchev–Trinajstić information content (AvgIpc) is 3.26. The molecule has 0 bridgehead atoms. The first kappa shape index (κ1) is 19.0. The Kier molecular flexibility index (Phi) is 7.28. The lowest BCUT2D eigenvalue weighted by atomic mass is 9.67. The molecule has 0 nitrogen and oxygen atoms in total. The fraction of sp³-hybridized carbons (Fsp3) is 1.00. The van der Waals surface area contributed by atoms with Crippen LogP contribution < -0.4 is 0 Å². The zero-order valence-corrected chi connectivity index (χ0v) is 16.3. The van der Waals surface area contributed by atoms with Gasteiger partial charge < -0.3 is 0 Å². The van der Waals surface area contributed by atoms with E-state index < -0.39 is 0 Å². The van der Waals surface area contributed by atoms with Crippen LogP contribution in [0.2, 0.25) is 0 Å². The van der Waals surface area contributed by atoms with Gasteiger partial charge in [-0.3, -0.25) is 0 Å². The van der Waals surface area contributed by atoms with Gasteiger partial charge in [0.15, 0.2) is 0 Å². The first-order valence-electron chi connectivity index (χ1n) is 9.66. The van der Waals surface area contributed by atoms with Crippen molar-refractivity contribution >= 4 is 0 Å². The Balaban J connectivity index is 2.56. The maximum Gasteiger partial charge on any atom is -0.0386 e. The summed E-state index contributed by atoms with van der Waals surface area (Å²) in [6, 6.07) is 0. The van der Waals surface area contributed by atoms with E-state index in [0.717, 1.165) is 53.3 Å². The zero-order valence-electron chi connectivity index (χ0n) is 16.3. The van der Waals surface area contributed by atoms with Gasteiger partial charge in [0, 0.05) is 0 Å². The standard InChI is InChI=1S/C21H42/c1-13(2)12-14(3)15(4)16(5)17(6)18(7)19(8)20(9)21-10-11-21/h13-21H,10-12H2,1-9H3. The predicted octanol–water partition coefficient (Wildman–Crippen LogP) is 6.90. The Morgan fingerprint density at radius 2 is 1.05 bits per heavy atom. The highest BCUT2D eigenvalue weighted by molar-refractivity contribution is 4.86. The monoisotopic (exact) mass is 294 g/mol. The van der Waals surface area contributed by atoms with E-state index in [2.05, 4.69) is 62.3 Å². The summed E-state index contributed by atoms with van der Waals surface area (Å²) in [6.45, 7) is 22.2. The Hall–Kier alpha value is 0. The van der Waals surface area contributed by atoms with Crippen LogP contribution in [0.15, 0.2) is 0 Å². The Labute approximate surface area is 135 Å². The van der Waals surface area contributed by atoms with Gasteiger partial charge in [-0.15, -0.1) is 0 Å². The second-order valence-electron chi connectivity index (χ2n) is 9.10. The number of hydrogen-bond acceptors (Lipinski definition) is 0. The van der Waals surface area contributed by atoms with E-state index in [1.54, 1.807) is 0 Å². The maximum absolute atomic E-state index is 2.52. The summed E-state index contributed by atoms with van der Waals surface area (Å²) in [4.78, 5) is 0. The molecule has 0 N–H and O–H groups in total. The fourth-order valence-electron chi connectivity index (χ4n) is 4.44. The molecule has 7 atom stereocenters.